The van der Waals surface area contributed by atoms with Gasteiger partial charge in [0.15, 0.2) is 11.5 Å². The van der Waals surface area contributed by atoms with Crippen LogP contribution in [0.5, 0.6) is 17.2 Å². The fourth-order valence-corrected chi connectivity index (χ4v) is 3.65. The molecule has 1 heterocycles. The van der Waals surface area contributed by atoms with Crippen LogP contribution in [0, 0.1) is 0 Å². The minimum atomic E-state index is -5.18. The Hall–Kier alpha value is -3.36. The number of benzene rings is 2. The number of rotatable bonds is 8. The van der Waals surface area contributed by atoms with Crippen molar-refractivity contribution < 1.29 is 40.6 Å². The van der Waals surface area contributed by atoms with E-state index in [-0.39, 0.29) is 23.0 Å². The average Bonchev–Trinajstić information content (AvgIpc) is 2.76. The van der Waals surface area contributed by atoms with Gasteiger partial charge in [-0.2, -0.15) is 4.84 Å². The van der Waals surface area contributed by atoms with Crippen molar-refractivity contribution in [3.8, 4) is 17.2 Å². The van der Waals surface area contributed by atoms with Gasteiger partial charge in [-0.15, -0.1) is 13.2 Å². The van der Waals surface area contributed by atoms with Crippen molar-refractivity contribution in [2.75, 3.05) is 26.6 Å². The molecule has 0 fully saturated rings. The van der Waals surface area contributed by atoms with Crippen LogP contribution in [0.1, 0.15) is 0 Å². The van der Waals surface area contributed by atoms with Gasteiger partial charge in [-0.05, 0) is 18.2 Å². The maximum Gasteiger partial charge on any atom is 0.539 e. The summed E-state index contributed by atoms with van der Waals surface area (Å²) in [6, 6.07) is 6.62. The summed E-state index contributed by atoms with van der Waals surface area (Å²) in [5.41, 5.74) is 0.637. The minimum Gasteiger partial charge on any atom is -0.493 e. The number of aromatic nitrogens is 2. The number of halogens is 3. The number of hydrogen-bond donors (Lipinski definition) is 2. The number of alkyl halides is 3. The van der Waals surface area contributed by atoms with E-state index in [1.54, 1.807) is 6.07 Å². The molecular weight excluding hydrogens is 457 g/mol. The van der Waals surface area contributed by atoms with Crippen LogP contribution < -0.4 is 24.4 Å². The lowest BCUT2D eigenvalue weighted by atomic mass is 10.1. The lowest BCUT2D eigenvalue weighted by Gasteiger charge is -2.16. The number of nitrogens with one attached hydrogen (secondary N) is 2. The van der Waals surface area contributed by atoms with E-state index in [1.165, 1.54) is 39.8 Å². The third-order valence-electron chi connectivity index (χ3n) is 4.10. The molecule has 32 heavy (non-hydrogen) atoms. The van der Waals surface area contributed by atoms with Gasteiger partial charge in [-0.25, -0.2) is 18.4 Å². The third-order valence-corrected chi connectivity index (χ3v) is 5.28. The molecule has 0 aliphatic heterocycles. The van der Waals surface area contributed by atoms with E-state index in [0.717, 1.165) is 17.0 Å². The average molecular weight is 474 g/mol. The standard InChI is InChI=1S/C18H17F3N4O6S/c1-28-13-8-12-14(16(30-3)15(13)29-2)17(23-9-22-12)24-10-5-4-6-11(7-10)32(26,27)25-31-18(19,20)21/h4-9,25H,1-3H3,(H,22,23,24). The van der Waals surface area contributed by atoms with Crippen molar-refractivity contribution in [2.24, 2.45) is 0 Å². The molecule has 3 rings (SSSR count). The summed E-state index contributed by atoms with van der Waals surface area (Å²) in [5, 5.41) is 3.31. The second-order valence-corrected chi connectivity index (χ2v) is 7.69. The molecule has 0 amide bonds. The van der Waals surface area contributed by atoms with Crippen LogP contribution >= 0.6 is 0 Å². The molecule has 0 bridgehead atoms. The molecule has 0 aliphatic carbocycles. The van der Waals surface area contributed by atoms with Crippen molar-refractivity contribution >= 4 is 32.4 Å². The summed E-state index contributed by atoms with van der Waals surface area (Å²) in [4.78, 5) is 12.1. The van der Waals surface area contributed by atoms with Gasteiger partial charge in [-0.3, -0.25) is 0 Å². The van der Waals surface area contributed by atoms with E-state index in [9.17, 15) is 21.6 Å². The normalized spacial score (nSPS) is 11.9. The molecule has 0 radical (unpaired) electrons. The molecular formula is C18H17F3N4O6S. The zero-order valence-electron chi connectivity index (χ0n) is 16.9. The maximum atomic E-state index is 12.2. The smallest absolute Gasteiger partial charge is 0.493 e. The summed E-state index contributed by atoms with van der Waals surface area (Å²) in [6.45, 7) is 0. The summed E-state index contributed by atoms with van der Waals surface area (Å²) < 4.78 is 76.9. The summed E-state index contributed by atoms with van der Waals surface area (Å²) in [6.07, 6.45) is -3.92. The summed E-state index contributed by atoms with van der Waals surface area (Å²) >= 11 is 0. The van der Waals surface area contributed by atoms with E-state index >= 15 is 0 Å². The Morgan fingerprint density at radius 2 is 1.69 bits per heavy atom. The van der Waals surface area contributed by atoms with E-state index in [0.29, 0.717) is 16.7 Å². The Morgan fingerprint density at radius 1 is 0.969 bits per heavy atom. The number of sulfonamides is 1. The fourth-order valence-electron chi connectivity index (χ4n) is 2.81. The van der Waals surface area contributed by atoms with E-state index < -0.39 is 21.3 Å². The molecule has 0 aliphatic rings. The number of methoxy groups -OCH3 is 3. The largest absolute Gasteiger partial charge is 0.539 e. The second-order valence-electron chi connectivity index (χ2n) is 6.05. The molecule has 2 aromatic carbocycles. The minimum absolute atomic E-state index is 0.205. The van der Waals surface area contributed by atoms with Crippen molar-refractivity contribution in [2.45, 2.75) is 11.3 Å². The Labute approximate surface area is 180 Å². The molecule has 0 unspecified atom stereocenters. The number of ether oxygens (including phenoxy) is 3. The van der Waals surface area contributed by atoms with Crippen LogP contribution in [0.2, 0.25) is 0 Å². The highest BCUT2D eigenvalue weighted by molar-refractivity contribution is 7.89. The lowest BCUT2D eigenvalue weighted by molar-refractivity contribution is -0.338. The number of anilines is 2. The van der Waals surface area contributed by atoms with Gasteiger partial charge >= 0.3 is 6.36 Å². The molecule has 172 valence electrons. The Morgan fingerprint density at radius 3 is 2.31 bits per heavy atom. The van der Waals surface area contributed by atoms with Gasteiger partial charge in [0.2, 0.25) is 5.75 Å². The van der Waals surface area contributed by atoms with Gasteiger partial charge in [-0.1, -0.05) is 11.0 Å². The van der Waals surface area contributed by atoms with Crippen LogP contribution in [0.3, 0.4) is 0 Å². The second kappa shape index (κ2) is 9.02. The zero-order valence-corrected chi connectivity index (χ0v) is 17.7. The maximum absolute atomic E-state index is 12.2. The summed E-state index contributed by atoms with van der Waals surface area (Å²) in [7, 11) is -0.325. The van der Waals surface area contributed by atoms with E-state index in [4.69, 9.17) is 14.2 Å². The Kier molecular flexibility index (Phi) is 6.57. The lowest BCUT2D eigenvalue weighted by Crippen LogP contribution is -2.31. The topological polar surface area (TPSA) is 121 Å². The quantitative estimate of drug-likeness (QED) is 0.474. The number of hydrogen-bond acceptors (Lipinski definition) is 9. The Balaban J connectivity index is 2.03. The zero-order chi connectivity index (χ0) is 23.5. The van der Waals surface area contributed by atoms with Gasteiger partial charge in [0, 0.05) is 11.8 Å². The molecule has 2 N–H and O–H groups in total. The monoisotopic (exact) mass is 474 g/mol. The highest BCUT2D eigenvalue weighted by Crippen LogP contribution is 2.45. The van der Waals surface area contributed by atoms with Crippen molar-refractivity contribution in [3.05, 3.63) is 36.7 Å². The molecule has 0 spiro atoms. The SMILES string of the molecule is COc1cc2ncnc(Nc3cccc(S(=O)(=O)NOC(F)(F)F)c3)c2c(OC)c1OC. The molecule has 10 nitrogen and oxygen atoms in total. The molecule has 3 aromatic rings. The third kappa shape index (κ3) is 4.92. The van der Waals surface area contributed by atoms with Crippen LogP contribution in [0.25, 0.3) is 10.9 Å². The summed E-state index contributed by atoms with van der Waals surface area (Å²) in [5.74, 6) is 1.13. The first-order valence-electron chi connectivity index (χ1n) is 8.67. The molecule has 0 saturated heterocycles. The van der Waals surface area contributed by atoms with Crippen molar-refractivity contribution in [1.29, 1.82) is 0 Å². The first kappa shape index (κ1) is 23.3. The van der Waals surface area contributed by atoms with Crippen LogP contribution in [0.15, 0.2) is 41.6 Å². The number of nitrogens with zero attached hydrogens (tertiary/aromatic N) is 2. The van der Waals surface area contributed by atoms with E-state index in [2.05, 4.69) is 20.1 Å². The highest BCUT2D eigenvalue weighted by Gasteiger charge is 2.33. The van der Waals surface area contributed by atoms with Crippen LogP contribution in [0.4, 0.5) is 24.7 Å². The van der Waals surface area contributed by atoms with Gasteiger partial charge in [0.1, 0.15) is 12.1 Å². The number of fused-ring (bicyclic) bond motifs is 1. The van der Waals surface area contributed by atoms with E-state index in [1.807, 2.05) is 0 Å². The first-order chi connectivity index (χ1) is 15.1. The van der Waals surface area contributed by atoms with Gasteiger partial charge in [0.05, 0.1) is 37.1 Å². The van der Waals surface area contributed by atoms with Crippen molar-refractivity contribution in [3.63, 3.8) is 0 Å². The molecule has 0 atom stereocenters. The predicted octanol–water partition coefficient (Wildman–Crippen LogP) is 3.13. The van der Waals surface area contributed by atoms with Crippen molar-refractivity contribution in [1.82, 2.24) is 14.9 Å². The van der Waals surface area contributed by atoms with Crippen LogP contribution in [-0.4, -0.2) is 46.1 Å². The first-order valence-corrected chi connectivity index (χ1v) is 10.1. The van der Waals surface area contributed by atoms with Gasteiger partial charge < -0.3 is 19.5 Å². The molecule has 0 saturated carbocycles. The highest BCUT2D eigenvalue weighted by atomic mass is 32.2. The Bertz CT molecular complexity index is 1240. The predicted molar refractivity (Wildman–Crippen MR) is 106 cm³/mol. The fraction of sp³-hybridized carbons (Fsp3) is 0.222. The molecule has 14 heteroatoms. The molecule has 1 aromatic heterocycles. The van der Waals surface area contributed by atoms with Gasteiger partial charge in [0.25, 0.3) is 10.0 Å². The van der Waals surface area contributed by atoms with Crippen LogP contribution in [-0.2, 0) is 14.9 Å².